The van der Waals surface area contributed by atoms with E-state index in [0.29, 0.717) is 6.42 Å². The number of rotatable bonds is 6. The van der Waals surface area contributed by atoms with Crippen LogP contribution in [0.3, 0.4) is 0 Å². The maximum atomic E-state index is 11.3. The standard InChI is InChI=1S/C13H17N3O2S2/c1-20(17,18)9-11(16-14)7-13-15-12(8-19-13)10-5-3-2-4-6-10/h2-6,8,11,16H,7,9,14H2,1H3. The number of nitrogens with two attached hydrogens (primary N) is 1. The molecule has 1 atom stereocenters. The molecule has 2 rings (SSSR count). The van der Waals surface area contributed by atoms with Gasteiger partial charge >= 0.3 is 0 Å². The minimum absolute atomic E-state index is 0.00372. The molecule has 0 amide bonds. The zero-order valence-corrected chi connectivity index (χ0v) is 12.7. The van der Waals surface area contributed by atoms with E-state index in [0.717, 1.165) is 16.3 Å². The van der Waals surface area contributed by atoms with Crippen molar-refractivity contribution in [1.29, 1.82) is 0 Å². The molecule has 0 aliphatic rings. The third kappa shape index (κ3) is 4.38. The van der Waals surface area contributed by atoms with Crippen LogP contribution in [0.25, 0.3) is 11.3 Å². The average molecular weight is 311 g/mol. The van der Waals surface area contributed by atoms with Crippen molar-refractivity contribution in [2.24, 2.45) is 5.84 Å². The molecule has 3 N–H and O–H groups in total. The van der Waals surface area contributed by atoms with Crippen molar-refractivity contribution in [2.45, 2.75) is 12.5 Å². The first-order valence-electron chi connectivity index (χ1n) is 6.11. The van der Waals surface area contributed by atoms with Gasteiger partial charge in [0, 0.05) is 29.7 Å². The van der Waals surface area contributed by atoms with Gasteiger partial charge in [-0.1, -0.05) is 30.3 Å². The second kappa shape index (κ2) is 6.45. The van der Waals surface area contributed by atoms with E-state index < -0.39 is 9.84 Å². The summed E-state index contributed by atoms with van der Waals surface area (Å²) in [7, 11) is -3.07. The molecule has 1 heterocycles. The molecular formula is C13H17N3O2S2. The minimum Gasteiger partial charge on any atom is -0.271 e. The molecule has 1 unspecified atom stereocenters. The number of hydrazine groups is 1. The molecule has 5 nitrogen and oxygen atoms in total. The molecular weight excluding hydrogens is 294 g/mol. The van der Waals surface area contributed by atoms with Gasteiger partial charge in [-0.2, -0.15) is 0 Å². The van der Waals surface area contributed by atoms with E-state index in [9.17, 15) is 8.42 Å². The van der Waals surface area contributed by atoms with Crippen molar-refractivity contribution < 1.29 is 8.42 Å². The van der Waals surface area contributed by atoms with Crippen LogP contribution in [0.5, 0.6) is 0 Å². The lowest BCUT2D eigenvalue weighted by molar-refractivity contribution is 0.545. The second-order valence-electron chi connectivity index (χ2n) is 4.65. The zero-order valence-electron chi connectivity index (χ0n) is 11.1. The monoisotopic (exact) mass is 311 g/mol. The fourth-order valence-corrected chi connectivity index (χ4v) is 3.72. The van der Waals surface area contributed by atoms with Gasteiger partial charge < -0.3 is 0 Å². The van der Waals surface area contributed by atoms with Crippen molar-refractivity contribution in [1.82, 2.24) is 10.4 Å². The van der Waals surface area contributed by atoms with Gasteiger partial charge in [0.05, 0.1) is 16.5 Å². The van der Waals surface area contributed by atoms with Crippen LogP contribution in [-0.4, -0.2) is 31.5 Å². The molecule has 2 aromatic rings. The van der Waals surface area contributed by atoms with Crippen LogP contribution in [0.15, 0.2) is 35.7 Å². The number of benzene rings is 1. The maximum absolute atomic E-state index is 11.3. The Morgan fingerprint density at radius 2 is 2.05 bits per heavy atom. The van der Waals surface area contributed by atoms with Gasteiger partial charge in [-0.25, -0.2) is 13.4 Å². The highest BCUT2D eigenvalue weighted by atomic mass is 32.2. The third-order valence-electron chi connectivity index (χ3n) is 2.78. The predicted molar refractivity (Wildman–Crippen MR) is 82.1 cm³/mol. The predicted octanol–water partition coefficient (Wildman–Crippen LogP) is 1.23. The number of nitrogens with zero attached hydrogens (tertiary/aromatic N) is 1. The summed E-state index contributed by atoms with van der Waals surface area (Å²) in [6.45, 7) is 0. The third-order valence-corrected chi connectivity index (χ3v) is 4.66. The van der Waals surface area contributed by atoms with E-state index in [4.69, 9.17) is 5.84 Å². The topological polar surface area (TPSA) is 85.1 Å². The molecule has 0 fully saturated rings. The molecule has 0 bridgehead atoms. The Morgan fingerprint density at radius 1 is 1.35 bits per heavy atom. The van der Waals surface area contributed by atoms with Crippen molar-refractivity contribution in [3.63, 3.8) is 0 Å². The Labute approximate surface area is 122 Å². The van der Waals surface area contributed by atoms with E-state index in [2.05, 4.69) is 10.4 Å². The summed E-state index contributed by atoms with van der Waals surface area (Å²) in [5.41, 5.74) is 4.50. The number of hydrogen-bond acceptors (Lipinski definition) is 6. The summed E-state index contributed by atoms with van der Waals surface area (Å²) in [5.74, 6) is 5.41. The van der Waals surface area contributed by atoms with Crippen LogP contribution >= 0.6 is 11.3 Å². The van der Waals surface area contributed by atoms with Crippen LogP contribution in [0.4, 0.5) is 0 Å². The number of thiazole rings is 1. The fraction of sp³-hybridized carbons (Fsp3) is 0.308. The first-order valence-corrected chi connectivity index (χ1v) is 9.05. The highest BCUT2D eigenvalue weighted by Gasteiger charge is 2.16. The molecule has 0 aliphatic heterocycles. The van der Waals surface area contributed by atoms with Crippen LogP contribution < -0.4 is 11.3 Å². The molecule has 7 heteroatoms. The van der Waals surface area contributed by atoms with E-state index in [1.807, 2.05) is 35.7 Å². The van der Waals surface area contributed by atoms with Gasteiger partial charge in [-0.3, -0.25) is 11.3 Å². The number of aromatic nitrogens is 1. The Balaban J connectivity index is 2.09. The highest BCUT2D eigenvalue weighted by Crippen LogP contribution is 2.22. The molecule has 0 saturated heterocycles. The molecule has 0 saturated carbocycles. The summed E-state index contributed by atoms with van der Waals surface area (Å²) in [6, 6.07) is 9.55. The SMILES string of the molecule is CS(=O)(=O)CC(Cc1nc(-c2ccccc2)cs1)NN. The molecule has 0 aliphatic carbocycles. The molecule has 20 heavy (non-hydrogen) atoms. The summed E-state index contributed by atoms with van der Waals surface area (Å²) >= 11 is 1.51. The van der Waals surface area contributed by atoms with Gasteiger partial charge in [0.15, 0.2) is 0 Å². The van der Waals surface area contributed by atoms with Gasteiger partial charge in [0.1, 0.15) is 9.84 Å². The molecule has 0 radical (unpaired) electrons. The largest absolute Gasteiger partial charge is 0.271 e. The normalized spacial score (nSPS) is 13.3. The maximum Gasteiger partial charge on any atom is 0.149 e. The van der Waals surface area contributed by atoms with E-state index in [1.165, 1.54) is 17.6 Å². The first kappa shape index (κ1) is 15.1. The van der Waals surface area contributed by atoms with Crippen molar-refractivity contribution in [3.8, 4) is 11.3 Å². The molecule has 0 spiro atoms. The van der Waals surface area contributed by atoms with Crippen LogP contribution in [0, 0.1) is 0 Å². The van der Waals surface area contributed by atoms with Gasteiger partial charge in [-0.15, -0.1) is 11.3 Å². The molecule has 1 aromatic heterocycles. The minimum atomic E-state index is -3.07. The Kier molecular flexibility index (Phi) is 4.87. The first-order chi connectivity index (χ1) is 9.48. The quantitative estimate of drug-likeness (QED) is 0.619. The van der Waals surface area contributed by atoms with Crippen molar-refractivity contribution >= 4 is 21.2 Å². The van der Waals surface area contributed by atoms with E-state index >= 15 is 0 Å². The summed E-state index contributed by atoms with van der Waals surface area (Å²) < 4.78 is 22.6. The Hall–Kier alpha value is -1.28. The van der Waals surface area contributed by atoms with Gasteiger partial charge in [0.25, 0.3) is 0 Å². The van der Waals surface area contributed by atoms with Crippen LogP contribution in [0.1, 0.15) is 5.01 Å². The smallest absolute Gasteiger partial charge is 0.149 e. The van der Waals surface area contributed by atoms with Gasteiger partial charge in [-0.05, 0) is 0 Å². The number of nitrogens with one attached hydrogen (secondary N) is 1. The Bertz CT molecular complexity index is 653. The lowest BCUT2D eigenvalue weighted by atomic mass is 10.2. The van der Waals surface area contributed by atoms with Crippen molar-refractivity contribution in [3.05, 3.63) is 40.7 Å². The zero-order chi connectivity index (χ0) is 14.6. The highest BCUT2D eigenvalue weighted by molar-refractivity contribution is 7.90. The molecule has 1 aromatic carbocycles. The number of hydrogen-bond donors (Lipinski definition) is 2. The van der Waals surface area contributed by atoms with E-state index in [-0.39, 0.29) is 11.8 Å². The number of sulfone groups is 1. The second-order valence-corrected chi connectivity index (χ2v) is 7.78. The molecule has 108 valence electrons. The fourth-order valence-electron chi connectivity index (χ4n) is 1.89. The summed E-state index contributed by atoms with van der Waals surface area (Å²) in [5, 5.41) is 2.84. The Morgan fingerprint density at radius 3 is 2.65 bits per heavy atom. The average Bonchev–Trinajstić information content (AvgIpc) is 2.86. The lowest BCUT2D eigenvalue weighted by Gasteiger charge is -2.12. The summed E-state index contributed by atoms with van der Waals surface area (Å²) in [6.07, 6.45) is 1.70. The van der Waals surface area contributed by atoms with Crippen LogP contribution in [-0.2, 0) is 16.3 Å². The van der Waals surface area contributed by atoms with Crippen LogP contribution in [0.2, 0.25) is 0 Å². The van der Waals surface area contributed by atoms with E-state index in [1.54, 1.807) is 0 Å². The summed E-state index contributed by atoms with van der Waals surface area (Å²) in [4.78, 5) is 4.53. The van der Waals surface area contributed by atoms with Gasteiger partial charge in [0.2, 0.25) is 0 Å². The lowest BCUT2D eigenvalue weighted by Crippen LogP contribution is -2.41. The van der Waals surface area contributed by atoms with Crippen molar-refractivity contribution in [2.75, 3.05) is 12.0 Å².